The van der Waals surface area contributed by atoms with Crippen LogP contribution < -0.4 is 0 Å². The fraction of sp³-hybridized carbons (Fsp3) is 0. The van der Waals surface area contributed by atoms with Gasteiger partial charge in [-0.3, -0.25) is 9.97 Å². The highest BCUT2D eigenvalue weighted by molar-refractivity contribution is 7.26. The van der Waals surface area contributed by atoms with E-state index in [0.717, 1.165) is 60.7 Å². The number of para-hydroxylation sites is 1. The topological polar surface area (TPSA) is 64.5 Å². The lowest BCUT2D eigenvalue weighted by atomic mass is 9.97. The first-order chi connectivity index (χ1) is 23.3. The van der Waals surface area contributed by atoms with Crippen LogP contribution in [0.15, 0.2) is 140 Å². The molecule has 5 heterocycles. The molecule has 5 nitrogen and oxygen atoms in total. The summed E-state index contributed by atoms with van der Waals surface area (Å²) in [7, 11) is 0. The van der Waals surface area contributed by atoms with Crippen LogP contribution in [-0.2, 0) is 0 Å². The summed E-state index contributed by atoms with van der Waals surface area (Å²) in [4.78, 5) is 24.0. The Labute approximate surface area is 272 Å². The molecule has 0 N–H and O–H groups in total. The van der Waals surface area contributed by atoms with E-state index in [0.29, 0.717) is 5.82 Å². The summed E-state index contributed by atoms with van der Waals surface area (Å²) in [5, 5.41) is 8.26. The van der Waals surface area contributed by atoms with Gasteiger partial charge in [-0.25, -0.2) is 15.0 Å². The van der Waals surface area contributed by atoms with E-state index in [9.17, 15) is 0 Å². The van der Waals surface area contributed by atoms with Crippen molar-refractivity contribution in [2.45, 2.75) is 0 Å². The van der Waals surface area contributed by atoms with Gasteiger partial charge >= 0.3 is 0 Å². The van der Waals surface area contributed by atoms with Gasteiger partial charge in [0, 0.05) is 88.6 Å². The zero-order chi connectivity index (χ0) is 30.9. The SMILES string of the molecule is c1cnc2c(c1)cc(-c1cnc(-c3ccc(-c4nc5ccccc5c5c4ccc4c6ccccc6sc45)cc3)nc1)c1cccnc12. The molecule has 0 fully saturated rings. The summed E-state index contributed by atoms with van der Waals surface area (Å²) < 4.78 is 2.61. The minimum Gasteiger partial charge on any atom is -0.254 e. The largest absolute Gasteiger partial charge is 0.254 e. The zero-order valence-corrected chi connectivity index (χ0v) is 25.7. The molecule has 5 aromatic heterocycles. The maximum Gasteiger partial charge on any atom is 0.159 e. The van der Waals surface area contributed by atoms with Crippen molar-refractivity contribution in [3.05, 3.63) is 140 Å². The van der Waals surface area contributed by atoms with E-state index in [1.54, 1.807) is 0 Å². The second kappa shape index (κ2) is 10.2. The van der Waals surface area contributed by atoms with Crippen LogP contribution >= 0.6 is 11.3 Å². The summed E-state index contributed by atoms with van der Waals surface area (Å²) in [6, 6.07) is 40.3. The number of hydrogen-bond donors (Lipinski definition) is 0. The molecule has 0 aliphatic carbocycles. The van der Waals surface area contributed by atoms with E-state index in [2.05, 4.69) is 113 Å². The maximum atomic E-state index is 5.19. The minimum atomic E-state index is 0.675. The third-order valence-corrected chi connectivity index (χ3v) is 10.3. The summed E-state index contributed by atoms with van der Waals surface area (Å²) >= 11 is 1.86. The van der Waals surface area contributed by atoms with Crippen molar-refractivity contribution in [1.82, 2.24) is 24.9 Å². The van der Waals surface area contributed by atoms with Crippen LogP contribution in [0.2, 0.25) is 0 Å². The number of rotatable bonds is 3. The monoisotopic (exact) mass is 617 g/mol. The van der Waals surface area contributed by atoms with Crippen LogP contribution in [0.5, 0.6) is 0 Å². The molecule has 0 saturated heterocycles. The quantitative estimate of drug-likeness (QED) is 0.185. The first kappa shape index (κ1) is 26.1. The Bertz CT molecular complexity index is 2840. The van der Waals surface area contributed by atoms with Gasteiger partial charge in [-0.2, -0.15) is 0 Å². The van der Waals surface area contributed by atoms with E-state index in [-0.39, 0.29) is 0 Å². The Morgan fingerprint density at radius 3 is 2.06 bits per heavy atom. The van der Waals surface area contributed by atoms with Crippen LogP contribution in [0.1, 0.15) is 0 Å². The van der Waals surface area contributed by atoms with E-state index < -0.39 is 0 Å². The second-order valence-corrected chi connectivity index (χ2v) is 12.8. The van der Waals surface area contributed by atoms with Crippen LogP contribution in [0.4, 0.5) is 0 Å². The molecule has 0 amide bonds. The van der Waals surface area contributed by atoms with Crippen molar-refractivity contribution in [3.8, 4) is 33.8 Å². The maximum absolute atomic E-state index is 5.19. The predicted octanol–water partition coefficient (Wildman–Crippen LogP) is 10.6. The Morgan fingerprint density at radius 2 is 1.19 bits per heavy atom. The van der Waals surface area contributed by atoms with Gasteiger partial charge in [-0.05, 0) is 35.9 Å². The van der Waals surface area contributed by atoms with Crippen molar-refractivity contribution in [2.75, 3.05) is 0 Å². The number of pyridine rings is 3. The Morgan fingerprint density at radius 1 is 0.489 bits per heavy atom. The second-order valence-electron chi connectivity index (χ2n) is 11.7. The molecule has 5 aromatic carbocycles. The predicted molar refractivity (Wildman–Crippen MR) is 195 cm³/mol. The van der Waals surface area contributed by atoms with Crippen molar-refractivity contribution < 1.29 is 0 Å². The molecule has 6 heteroatoms. The molecule has 0 aliphatic heterocycles. The molecule has 10 aromatic rings. The number of aromatic nitrogens is 5. The van der Waals surface area contributed by atoms with E-state index in [1.165, 1.54) is 30.9 Å². The lowest BCUT2D eigenvalue weighted by Crippen LogP contribution is -1.93. The highest BCUT2D eigenvalue weighted by Gasteiger charge is 2.17. The fourth-order valence-corrected chi connectivity index (χ4v) is 8.11. The van der Waals surface area contributed by atoms with Crippen LogP contribution in [0.3, 0.4) is 0 Å². The molecule has 218 valence electrons. The average molecular weight is 618 g/mol. The molecular weight excluding hydrogens is 595 g/mol. The van der Waals surface area contributed by atoms with Gasteiger partial charge < -0.3 is 0 Å². The summed E-state index contributed by atoms with van der Waals surface area (Å²) in [6.07, 6.45) is 7.41. The first-order valence-corrected chi connectivity index (χ1v) is 16.3. The van der Waals surface area contributed by atoms with Crippen molar-refractivity contribution in [1.29, 1.82) is 0 Å². The van der Waals surface area contributed by atoms with Gasteiger partial charge in [0.25, 0.3) is 0 Å². The van der Waals surface area contributed by atoms with Gasteiger partial charge in [0.1, 0.15) is 0 Å². The number of hydrogen-bond acceptors (Lipinski definition) is 6. The van der Waals surface area contributed by atoms with Crippen molar-refractivity contribution in [3.63, 3.8) is 0 Å². The third kappa shape index (κ3) is 4.05. The Balaban J connectivity index is 1.07. The van der Waals surface area contributed by atoms with Gasteiger partial charge in [0.05, 0.1) is 22.2 Å². The summed E-state index contributed by atoms with van der Waals surface area (Å²) in [5.74, 6) is 0.675. The molecule has 0 unspecified atom stereocenters. The molecule has 0 spiro atoms. The lowest BCUT2D eigenvalue weighted by molar-refractivity contribution is 1.18. The number of nitrogens with zero attached hydrogens (tertiary/aromatic N) is 5. The smallest absolute Gasteiger partial charge is 0.159 e. The number of thiophene rings is 1. The minimum absolute atomic E-state index is 0.675. The van der Waals surface area contributed by atoms with Gasteiger partial charge in [-0.15, -0.1) is 11.3 Å². The van der Waals surface area contributed by atoms with Crippen LogP contribution in [0, 0.1) is 0 Å². The van der Waals surface area contributed by atoms with Gasteiger partial charge in [0.15, 0.2) is 5.82 Å². The highest BCUT2D eigenvalue weighted by Crippen LogP contribution is 2.43. The first-order valence-electron chi connectivity index (χ1n) is 15.5. The number of benzene rings is 5. The molecule has 0 saturated carbocycles. The van der Waals surface area contributed by atoms with Gasteiger partial charge in [0.2, 0.25) is 0 Å². The normalized spacial score (nSPS) is 11.8. The molecule has 0 bridgehead atoms. The average Bonchev–Trinajstić information content (AvgIpc) is 3.53. The molecule has 0 radical (unpaired) electrons. The summed E-state index contributed by atoms with van der Waals surface area (Å²) in [6.45, 7) is 0. The standard InChI is InChI=1S/C41H23N5S/c1-3-11-34-31(9-1)36-32(18-17-30-28-8-2-4-12-35(28)47-40(30)36)37(46-34)24-13-15-25(16-14-24)41-44-22-27(23-45-41)33-21-26-7-5-19-42-38(26)39-29(33)10-6-20-43-39/h1-23H. The molecule has 10 rings (SSSR count). The summed E-state index contributed by atoms with van der Waals surface area (Å²) in [5.41, 5.74) is 7.74. The molecule has 0 atom stereocenters. The van der Waals surface area contributed by atoms with Crippen LogP contribution in [-0.4, -0.2) is 24.9 Å². The van der Waals surface area contributed by atoms with Crippen LogP contribution in [0.25, 0.3) is 97.4 Å². The highest BCUT2D eigenvalue weighted by atomic mass is 32.1. The van der Waals surface area contributed by atoms with Gasteiger partial charge in [-0.1, -0.05) is 84.9 Å². The molecular formula is C41H23N5S. The molecule has 0 aliphatic rings. The Kier molecular flexibility index (Phi) is 5.68. The lowest BCUT2D eigenvalue weighted by Gasteiger charge is -2.12. The molecule has 47 heavy (non-hydrogen) atoms. The number of fused-ring (bicyclic) bond motifs is 10. The Hall–Kier alpha value is -6.11. The van der Waals surface area contributed by atoms with Crippen molar-refractivity contribution >= 4 is 75.0 Å². The fourth-order valence-electron chi connectivity index (χ4n) is 6.85. The zero-order valence-electron chi connectivity index (χ0n) is 24.9. The van der Waals surface area contributed by atoms with Crippen molar-refractivity contribution in [2.24, 2.45) is 0 Å². The third-order valence-electron chi connectivity index (χ3n) is 9.05. The van der Waals surface area contributed by atoms with E-state index in [4.69, 9.17) is 15.0 Å². The van der Waals surface area contributed by atoms with E-state index >= 15 is 0 Å². The van der Waals surface area contributed by atoms with E-state index in [1.807, 2.05) is 48.3 Å².